The van der Waals surface area contributed by atoms with E-state index in [0.717, 1.165) is 29.4 Å². The van der Waals surface area contributed by atoms with Crippen LogP contribution in [0.2, 0.25) is 0 Å². The molecule has 0 heterocycles. The molecule has 7 aromatic carbocycles. The zero-order valence-corrected chi connectivity index (χ0v) is 28.7. The van der Waals surface area contributed by atoms with E-state index in [4.69, 9.17) is 8.37 Å². The monoisotopic (exact) mass is 690 g/mol. The first-order valence-electron chi connectivity index (χ1n) is 16.2. The maximum Gasteiger partial charge on any atom is 0.350 e. The average molecular weight is 691 g/mol. The highest BCUT2D eigenvalue weighted by Crippen LogP contribution is 2.70. The van der Waals surface area contributed by atoms with E-state index in [1.165, 1.54) is 0 Å². The maximum atomic E-state index is 14.7. The second-order valence-electron chi connectivity index (χ2n) is 11.3. The van der Waals surface area contributed by atoms with E-state index in [0.29, 0.717) is 0 Å². The highest BCUT2D eigenvalue weighted by atomic mass is 32.3. The molecule has 0 aromatic heterocycles. The number of hydrogen-bond acceptors (Lipinski definition) is 4. The van der Waals surface area contributed by atoms with E-state index in [1.807, 2.05) is 182 Å². The van der Waals surface area contributed by atoms with Crippen LogP contribution in [0.4, 0.5) is 0 Å². The largest absolute Gasteiger partial charge is 0.398 e. The van der Waals surface area contributed by atoms with Crippen LogP contribution in [0.3, 0.4) is 0 Å². The van der Waals surface area contributed by atoms with Crippen LogP contribution in [-0.2, 0) is 8.37 Å². The van der Waals surface area contributed by atoms with Crippen molar-refractivity contribution in [3.8, 4) is 0 Å². The van der Waals surface area contributed by atoms with Crippen molar-refractivity contribution in [2.75, 3.05) is 0 Å². The summed E-state index contributed by atoms with van der Waals surface area (Å²) in [7, 11) is -5.17. The molecule has 0 radical (unpaired) electrons. The van der Waals surface area contributed by atoms with Crippen molar-refractivity contribution in [3.63, 3.8) is 0 Å². The maximum absolute atomic E-state index is 14.7. The number of carbonyl (C=O) groups is 2. The van der Waals surface area contributed by atoms with Gasteiger partial charge in [0.1, 0.15) is 0 Å². The zero-order chi connectivity index (χ0) is 34.2. The van der Waals surface area contributed by atoms with Crippen molar-refractivity contribution in [2.24, 2.45) is 0 Å². The molecule has 0 aliphatic heterocycles. The van der Waals surface area contributed by atoms with Crippen molar-refractivity contribution in [1.82, 2.24) is 0 Å². The van der Waals surface area contributed by atoms with Gasteiger partial charge in [0.2, 0.25) is 0 Å². The lowest BCUT2D eigenvalue weighted by Gasteiger charge is -2.40. The average Bonchev–Trinajstić information content (AvgIpc) is 3.21. The molecule has 0 saturated carbocycles. The molecule has 0 unspecified atom stereocenters. The van der Waals surface area contributed by atoms with Crippen LogP contribution in [0.15, 0.2) is 236 Å². The molecule has 0 aliphatic carbocycles. The summed E-state index contributed by atoms with van der Waals surface area (Å²) in [6.45, 7) is 0. The number of hydrogen-bond donors (Lipinski definition) is 0. The Morgan fingerprint density at radius 1 is 0.280 bits per heavy atom. The molecule has 50 heavy (non-hydrogen) atoms. The van der Waals surface area contributed by atoms with Gasteiger partial charge >= 0.3 is 11.9 Å². The van der Waals surface area contributed by atoms with Gasteiger partial charge in [-0.15, -0.1) is 0 Å². The molecule has 0 atom stereocenters. The van der Waals surface area contributed by atoms with Gasteiger partial charge in [-0.1, -0.05) is 121 Å². The van der Waals surface area contributed by atoms with Gasteiger partial charge in [-0.05, 0) is 106 Å². The minimum absolute atomic E-state index is 0.125. The van der Waals surface area contributed by atoms with Crippen molar-refractivity contribution in [1.29, 1.82) is 0 Å². The van der Waals surface area contributed by atoms with Crippen LogP contribution in [0.5, 0.6) is 0 Å². The van der Waals surface area contributed by atoms with E-state index in [1.54, 1.807) is 24.3 Å². The molecule has 0 fully saturated rings. The normalized spacial score (nSPS) is 12.0. The lowest BCUT2D eigenvalue weighted by molar-refractivity contribution is 0.0714. The third-order valence-electron chi connectivity index (χ3n) is 8.22. The van der Waals surface area contributed by atoms with Gasteiger partial charge < -0.3 is 8.37 Å². The fourth-order valence-electron chi connectivity index (χ4n) is 5.93. The summed E-state index contributed by atoms with van der Waals surface area (Å²) < 4.78 is 13.6. The molecule has 0 aliphatic rings. The highest BCUT2D eigenvalue weighted by Gasteiger charge is 2.39. The summed E-state index contributed by atoms with van der Waals surface area (Å²) in [4.78, 5) is 34.5. The summed E-state index contributed by atoms with van der Waals surface area (Å²) in [5.74, 6) is -1.24. The molecule has 0 amide bonds. The standard InChI is InChI=1S/C44H34O4S2/c45-43(47-49(35-21-7-1-8-22-35,36-23-9-2-10-24-36)37-25-11-3-12-26-37)41-33-19-20-34-42(41)44(46)48-50(38-27-13-4-14-28-38,39-29-15-5-16-30-39)40-31-17-6-18-32-40/h1-34H. The van der Waals surface area contributed by atoms with Gasteiger partial charge in [-0.3, -0.25) is 0 Å². The number of carbonyl (C=O) groups excluding carboxylic acids is 2. The molecule has 7 aromatic rings. The Kier molecular flexibility index (Phi) is 9.65. The van der Waals surface area contributed by atoms with Gasteiger partial charge in [0.15, 0.2) is 0 Å². The SMILES string of the molecule is O=C(OS(c1ccccc1)(c1ccccc1)c1ccccc1)c1ccccc1C(=O)OS(c1ccccc1)(c1ccccc1)c1ccccc1. The lowest BCUT2D eigenvalue weighted by Crippen LogP contribution is -2.19. The summed E-state index contributed by atoms with van der Waals surface area (Å²) >= 11 is 0. The van der Waals surface area contributed by atoms with Crippen LogP contribution in [0, 0.1) is 0 Å². The quantitative estimate of drug-likeness (QED) is 0.143. The zero-order valence-electron chi connectivity index (χ0n) is 27.1. The Labute approximate surface area is 296 Å². The molecule has 246 valence electrons. The van der Waals surface area contributed by atoms with E-state index in [9.17, 15) is 9.59 Å². The molecule has 4 nitrogen and oxygen atoms in total. The Balaban J connectivity index is 1.36. The van der Waals surface area contributed by atoms with Crippen LogP contribution in [0.25, 0.3) is 0 Å². The van der Waals surface area contributed by atoms with E-state index < -0.39 is 32.6 Å². The summed E-state index contributed by atoms with van der Waals surface area (Å²) in [5, 5.41) is 0. The summed E-state index contributed by atoms with van der Waals surface area (Å²) in [6.07, 6.45) is 0. The fourth-order valence-corrected chi connectivity index (χ4v) is 12.0. The van der Waals surface area contributed by atoms with Crippen LogP contribution < -0.4 is 0 Å². The Morgan fingerprint density at radius 3 is 0.660 bits per heavy atom. The van der Waals surface area contributed by atoms with Crippen molar-refractivity contribution < 1.29 is 18.0 Å². The summed E-state index contributed by atoms with van der Waals surface area (Å²) in [5.41, 5.74) is 0.249. The fraction of sp³-hybridized carbons (Fsp3) is 0. The summed E-state index contributed by atoms with van der Waals surface area (Å²) in [6, 6.07) is 65.6. The molecule has 0 bridgehead atoms. The molecule has 6 heteroatoms. The second-order valence-corrected chi connectivity index (χ2v) is 16.7. The van der Waals surface area contributed by atoms with Gasteiger partial charge in [-0.2, -0.15) is 0 Å². The smallest absolute Gasteiger partial charge is 0.350 e. The second kappa shape index (κ2) is 14.7. The molecular weight excluding hydrogens is 657 g/mol. The van der Waals surface area contributed by atoms with Gasteiger partial charge in [0.05, 0.1) is 11.1 Å². The Hall–Kier alpha value is -5.82. The first-order valence-corrected chi connectivity index (χ1v) is 19.3. The van der Waals surface area contributed by atoms with Crippen molar-refractivity contribution in [2.45, 2.75) is 29.4 Å². The third kappa shape index (κ3) is 6.23. The van der Waals surface area contributed by atoms with Gasteiger partial charge in [0, 0.05) is 29.4 Å². The first-order chi connectivity index (χ1) is 24.6. The number of rotatable bonds is 10. The Bertz CT molecular complexity index is 1830. The minimum atomic E-state index is -2.58. The molecule has 7 rings (SSSR count). The highest BCUT2D eigenvalue weighted by molar-refractivity contribution is 8.30. The lowest BCUT2D eigenvalue weighted by atomic mass is 10.1. The third-order valence-corrected chi connectivity index (χ3v) is 14.6. The van der Waals surface area contributed by atoms with Crippen LogP contribution in [-0.4, -0.2) is 11.9 Å². The van der Waals surface area contributed by atoms with Crippen LogP contribution >= 0.6 is 20.6 Å². The van der Waals surface area contributed by atoms with Crippen molar-refractivity contribution in [3.05, 3.63) is 217 Å². The van der Waals surface area contributed by atoms with E-state index in [-0.39, 0.29) is 11.1 Å². The van der Waals surface area contributed by atoms with Crippen molar-refractivity contribution >= 4 is 32.6 Å². The minimum Gasteiger partial charge on any atom is -0.398 e. The van der Waals surface area contributed by atoms with Gasteiger partial charge in [0.25, 0.3) is 0 Å². The molecule has 0 spiro atoms. The number of benzene rings is 7. The first kappa shape index (κ1) is 32.7. The van der Waals surface area contributed by atoms with E-state index >= 15 is 0 Å². The van der Waals surface area contributed by atoms with E-state index in [2.05, 4.69) is 0 Å². The Morgan fingerprint density at radius 2 is 0.460 bits per heavy atom. The molecule has 0 N–H and O–H groups in total. The predicted molar refractivity (Wildman–Crippen MR) is 201 cm³/mol. The topological polar surface area (TPSA) is 52.6 Å². The van der Waals surface area contributed by atoms with Gasteiger partial charge in [-0.25, -0.2) is 9.59 Å². The molecule has 0 saturated heterocycles. The van der Waals surface area contributed by atoms with Crippen LogP contribution in [0.1, 0.15) is 20.7 Å². The molecular formula is C44H34O4S2. The predicted octanol–water partition coefficient (Wildman–Crippen LogP) is 11.8.